The molecule has 0 amide bonds. The van der Waals surface area contributed by atoms with Crippen LogP contribution < -0.4 is 5.56 Å². The zero-order valence-electron chi connectivity index (χ0n) is 13.8. The molecular formula is C19H15N2O5-. The molecule has 3 rings (SSSR count). The maximum atomic E-state index is 12.5. The van der Waals surface area contributed by atoms with Gasteiger partial charge in [-0.3, -0.25) is 4.79 Å². The van der Waals surface area contributed by atoms with E-state index in [2.05, 4.69) is 0 Å². The minimum absolute atomic E-state index is 0.0450. The van der Waals surface area contributed by atoms with E-state index in [9.17, 15) is 25.4 Å². The highest BCUT2D eigenvalue weighted by Gasteiger charge is 2.17. The Bertz CT molecular complexity index is 1080. The molecule has 1 aliphatic carbocycles. The van der Waals surface area contributed by atoms with E-state index in [4.69, 9.17) is 0 Å². The molecule has 0 radical (unpaired) electrons. The molecule has 0 bridgehead atoms. The average Bonchev–Trinajstić information content (AvgIpc) is 2.65. The second-order valence-electron chi connectivity index (χ2n) is 5.67. The van der Waals surface area contributed by atoms with Crippen molar-refractivity contribution < 1.29 is 15.1 Å². The van der Waals surface area contributed by atoms with Crippen molar-refractivity contribution in [1.29, 1.82) is 0 Å². The van der Waals surface area contributed by atoms with Crippen LogP contribution in [0.15, 0.2) is 71.1 Å². The molecule has 1 heterocycles. The number of rotatable bonds is 2. The zero-order valence-corrected chi connectivity index (χ0v) is 13.8. The lowest BCUT2D eigenvalue weighted by atomic mass is 10.1. The monoisotopic (exact) mass is 351 g/mol. The van der Waals surface area contributed by atoms with Crippen molar-refractivity contribution in [1.82, 2.24) is 4.57 Å². The first-order valence-electron chi connectivity index (χ1n) is 7.69. The first-order chi connectivity index (χ1) is 12.4. The number of hydrogen-bond acceptors (Lipinski definition) is 5. The van der Waals surface area contributed by atoms with Gasteiger partial charge in [-0.1, -0.05) is 18.2 Å². The minimum Gasteiger partial charge on any atom is -0.612 e. The first-order valence-corrected chi connectivity index (χ1v) is 7.69. The summed E-state index contributed by atoms with van der Waals surface area (Å²) in [5.74, 6) is -0.693. The Morgan fingerprint density at radius 3 is 2.46 bits per heavy atom. The molecule has 0 spiro atoms. The summed E-state index contributed by atoms with van der Waals surface area (Å²) in [7, 11) is 1.56. The fourth-order valence-corrected chi connectivity index (χ4v) is 2.68. The summed E-state index contributed by atoms with van der Waals surface area (Å²) < 4.78 is 1.35. The van der Waals surface area contributed by atoms with Crippen LogP contribution in [0.3, 0.4) is 0 Å². The molecule has 0 aliphatic heterocycles. The Morgan fingerprint density at radius 1 is 1.15 bits per heavy atom. The lowest BCUT2D eigenvalue weighted by Crippen LogP contribution is -2.21. The van der Waals surface area contributed by atoms with Crippen LogP contribution in [-0.4, -0.2) is 25.4 Å². The van der Waals surface area contributed by atoms with Gasteiger partial charge in [-0.05, 0) is 35.9 Å². The molecule has 0 saturated heterocycles. The van der Waals surface area contributed by atoms with Crippen molar-refractivity contribution in [2.75, 3.05) is 0 Å². The molecule has 7 heteroatoms. The fraction of sp³-hybridized carbons (Fsp3) is 0.0526. The van der Waals surface area contributed by atoms with Crippen LogP contribution in [0.2, 0.25) is 0 Å². The van der Waals surface area contributed by atoms with E-state index in [0.29, 0.717) is 16.5 Å². The third kappa shape index (κ3) is 2.98. The van der Waals surface area contributed by atoms with Crippen LogP contribution in [0.5, 0.6) is 5.75 Å². The Kier molecular flexibility index (Phi) is 4.36. The fourth-order valence-electron chi connectivity index (χ4n) is 2.68. The van der Waals surface area contributed by atoms with Crippen molar-refractivity contribution in [2.45, 2.75) is 0 Å². The standard InChI is InChI=1S/C19H15N2O5/c1-20-15-5-3-2-4-14(15)18(23)17(19(20)24)16(22)11-8-12-6-9-13(10-7-12)21(25)26/h2-11H,1H3,(H2-,22,23,24,25,26)/q-1. The Labute approximate surface area is 148 Å². The molecule has 2 aromatic rings. The topological polar surface area (TPSA) is 112 Å². The van der Waals surface area contributed by atoms with E-state index in [1.165, 1.54) is 41.0 Å². The Balaban J connectivity index is 2.05. The van der Waals surface area contributed by atoms with Crippen LogP contribution in [0.1, 0.15) is 5.56 Å². The lowest BCUT2D eigenvalue weighted by Gasteiger charge is -2.11. The van der Waals surface area contributed by atoms with E-state index >= 15 is 0 Å². The molecule has 1 aromatic heterocycles. The van der Waals surface area contributed by atoms with Gasteiger partial charge in [0.2, 0.25) is 5.71 Å². The normalized spacial score (nSPS) is 14.1. The number of aliphatic hydroxyl groups excluding tert-OH is 1. The van der Waals surface area contributed by atoms with Crippen molar-refractivity contribution in [2.24, 2.45) is 7.05 Å². The Hall–Kier alpha value is -3.74. The van der Waals surface area contributed by atoms with Gasteiger partial charge in [-0.2, -0.15) is 4.90 Å². The number of aliphatic hydroxyl groups is 1. The quantitative estimate of drug-likeness (QED) is 0.491. The second kappa shape index (κ2) is 6.64. The molecule has 0 saturated carbocycles. The summed E-state index contributed by atoms with van der Waals surface area (Å²) >= 11 is 0. The van der Waals surface area contributed by atoms with Crippen LogP contribution in [0.25, 0.3) is 16.7 Å². The molecule has 1 aliphatic rings. The van der Waals surface area contributed by atoms with Gasteiger partial charge in [0.1, 0.15) is 17.1 Å². The van der Waals surface area contributed by atoms with E-state index in [0.717, 1.165) is 0 Å². The van der Waals surface area contributed by atoms with E-state index in [-0.39, 0.29) is 17.0 Å². The summed E-state index contributed by atoms with van der Waals surface area (Å²) in [6.07, 6.45) is 8.46. The van der Waals surface area contributed by atoms with E-state index in [1.807, 2.05) is 0 Å². The molecule has 132 valence electrons. The average molecular weight is 351 g/mol. The molecule has 26 heavy (non-hydrogen) atoms. The molecule has 1 aromatic carbocycles. The van der Waals surface area contributed by atoms with E-state index < -0.39 is 16.2 Å². The number of aromatic nitrogens is 1. The molecule has 7 nitrogen and oxygen atoms in total. The number of para-hydroxylation sites is 1. The second-order valence-corrected chi connectivity index (χ2v) is 5.67. The van der Waals surface area contributed by atoms with Gasteiger partial charge in [0.15, 0.2) is 0 Å². The SMILES string of the molecule is Cn1c(=O)c(C(O)=CC=C2C=CC(=[N+]([O-])[O-])C=C2)c(O)c2ccccc21. The van der Waals surface area contributed by atoms with Gasteiger partial charge < -0.3 is 25.2 Å². The number of aryl methyl sites for hydroxylation is 1. The smallest absolute Gasteiger partial charge is 0.265 e. The number of aromatic hydroxyl groups is 1. The van der Waals surface area contributed by atoms with Gasteiger partial charge in [0.05, 0.1) is 5.52 Å². The van der Waals surface area contributed by atoms with Crippen LogP contribution >= 0.6 is 0 Å². The Morgan fingerprint density at radius 2 is 1.81 bits per heavy atom. The van der Waals surface area contributed by atoms with Crippen LogP contribution in [0, 0.1) is 10.4 Å². The zero-order chi connectivity index (χ0) is 18.8. The number of hydrogen-bond donors (Lipinski definition) is 2. The summed E-state index contributed by atoms with van der Waals surface area (Å²) in [5.41, 5.74) is 0.359. The maximum Gasteiger partial charge on any atom is 0.265 e. The summed E-state index contributed by atoms with van der Waals surface area (Å²) in [6, 6.07) is 6.82. The van der Waals surface area contributed by atoms with Gasteiger partial charge in [0, 0.05) is 24.6 Å². The number of benzene rings is 1. The van der Waals surface area contributed by atoms with Crippen molar-refractivity contribution in [3.05, 3.63) is 92.6 Å². The molecule has 0 unspecified atom stereocenters. The van der Waals surface area contributed by atoms with Crippen molar-refractivity contribution in [3.8, 4) is 5.75 Å². The number of pyridine rings is 1. The summed E-state index contributed by atoms with van der Waals surface area (Å²) in [6.45, 7) is 0. The van der Waals surface area contributed by atoms with Crippen LogP contribution in [-0.2, 0) is 7.05 Å². The predicted octanol–water partition coefficient (Wildman–Crippen LogP) is 2.64. The first kappa shape index (κ1) is 17.1. The number of allylic oxidation sites excluding steroid dienone is 7. The third-order valence-electron chi connectivity index (χ3n) is 4.07. The molecule has 2 N–H and O–H groups in total. The number of nitrogens with zero attached hydrogens (tertiary/aromatic N) is 2. The third-order valence-corrected chi connectivity index (χ3v) is 4.07. The molecule has 0 atom stereocenters. The summed E-state index contributed by atoms with van der Waals surface area (Å²) in [5, 5.41) is 42.5. The highest BCUT2D eigenvalue weighted by molar-refractivity contribution is 6.02. The van der Waals surface area contributed by atoms with E-state index in [1.54, 1.807) is 31.3 Å². The van der Waals surface area contributed by atoms with Crippen LogP contribution in [0.4, 0.5) is 0 Å². The predicted molar refractivity (Wildman–Crippen MR) is 99.8 cm³/mol. The highest BCUT2D eigenvalue weighted by atomic mass is 16.8. The maximum absolute atomic E-state index is 12.5. The van der Waals surface area contributed by atoms with Gasteiger partial charge in [0.25, 0.3) is 5.56 Å². The lowest BCUT2D eigenvalue weighted by molar-refractivity contribution is -0.377. The minimum atomic E-state index is -0.535. The molecule has 0 fully saturated rings. The molecular weight excluding hydrogens is 336 g/mol. The summed E-state index contributed by atoms with van der Waals surface area (Å²) in [4.78, 5) is 12.0. The van der Waals surface area contributed by atoms with Crippen molar-refractivity contribution >= 4 is 22.4 Å². The van der Waals surface area contributed by atoms with Gasteiger partial charge in [-0.15, -0.1) is 0 Å². The van der Waals surface area contributed by atoms with Gasteiger partial charge in [-0.25, -0.2) is 0 Å². The highest BCUT2D eigenvalue weighted by Crippen LogP contribution is 2.29. The van der Waals surface area contributed by atoms with Crippen molar-refractivity contribution in [3.63, 3.8) is 0 Å². The van der Waals surface area contributed by atoms with Gasteiger partial charge >= 0.3 is 0 Å². The number of fused-ring (bicyclic) bond motifs is 1. The largest absolute Gasteiger partial charge is 0.612 e.